The van der Waals surface area contributed by atoms with Crippen molar-refractivity contribution >= 4 is 23.5 Å². The molecule has 2 amide bonds. The summed E-state index contributed by atoms with van der Waals surface area (Å²) in [5.74, 6) is -1.34. The van der Waals surface area contributed by atoms with Gasteiger partial charge in [0, 0.05) is 25.1 Å². The molecular formula is C23H26N4O6. The number of non-ortho nitro benzene ring substituents is 1. The van der Waals surface area contributed by atoms with Gasteiger partial charge in [0.2, 0.25) is 11.8 Å². The van der Waals surface area contributed by atoms with Gasteiger partial charge >= 0.3 is 5.97 Å². The number of amides is 2. The van der Waals surface area contributed by atoms with Crippen LogP contribution in [0.15, 0.2) is 54.6 Å². The third kappa shape index (κ3) is 6.13. The van der Waals surface area contributed by atoms with E-state index in [-0.39, 0.29) is 17.9 Å². The van der Waals surface area contributed by atoms with Gasteiger partial charge in [-0.1, -0.05) is 30.3 Å². The van der Waals surface area contributed by atoms with Crippen LogP contribution in [0.25, 0.3) is 0 Å². The summed E-state index contributed by atoms with van der Waals surface area (Å²) in [6.07, 6.45) is 1.26. The van der Waals surface area contributed by atoms with Crippen LogP contribution in [-0.4, -0.2) is 52.3 Å². The predicted molar refractivity (Wildman–Crippen MR) is 119 cm³/mol. The molecule has 3 atom stereocenters. The molecule has 2 aromatic rings. The number of nitrogens with two attached hydrogens (primary N) is 1. The van der Waals surface area contributed by atoms with Crippen LogP contribution in [0.2, 0.25) is 0 Å². The summed E-state index contributed by atoms with van der Waals surface area (Å²) < 4.78 is 5.37. The van der Waals surface area contributed by atoms with Crippen molar-refractivity contribution in [2.75, 3.05) is 6.54 Å². The molecule has 10 heteroatoms. The molecule has 3 rings (SSSR count). The Morgan fingerprint density at radius 1 is 1.18 bits per heavy atom. The second kappa shape index (κ2) is 10.7. The van der Waals surface area contributed by atoms with Gasteiger partial charge in [0.1, 0.15) is 17.8 Å². The van der Waals surface area contributed by atoms with E-state index < -0.39 is 40.8 Å². The van der Waals surface area contributed by atoms with Crippen molar-refractivity contribution in [3.63, 3.8) is 0 Å². The Kier molecular flexibility index (Phi) is 7.73. The number of benzene rings is 2. The van der Waals surface area contributed by atoms with E-state index in [2.05, 4.69) is 5.32 Å². The molecule has 10 nitrogen and oxygen atoms in total. The first kappa shape index (κ1) is 23.9. The Hall–Kier alpha value is -3.79. The quantitative estimate of drug-likeness (QED) is 0.266. The number of carbonyl (C=O) groups excluding carboxylic acids is 3. The van der Waals surface area contributed by atoms with Crippen LogP contribution >= 0.6 is 0 Å². The Morgan fingerprint density at radius 2 is 1.85 bits per heavy atom. The topological polar surface area (TPSA) is 145 Å². The molecule has 33 heavy (non-hydrogen) atoms. The highest BCUT2D eigenvalue weighted by atomic mass is 16.6. The highest BCUT2D eigenvalue weighted by Gasteiger charge is 2.39. The van der Waals surface area contributed by atoms with E-state index in [1.807, 2.05) is 30.3 Å². The fraction of sp³-hybridized carbons (Fsp3) is 0.348. The Balaban J connectivity index is 1.74. The monoisotopic (exact) mass is 454 g/mol. The fourth-order valence-corrected chi connectivity index (χ4v) is 3.65. The van der Waals surface area contributed by atoms with Crippen molar-refractivity contribution in [3.8, 4) is 5.75 Å². The Bertz CT molecular complexity index is 1010. The third-order valence-electron chi connectivity index (χ3n) is 5.38. The van der Waals surface area contributed by atoms with Gasteiger partial charge in [0.05, 0.1) is 11.0 Å². The van der Waals surface area contributed by atoms with Crippen LogP contribution in [0.5, 0.6) is 5.75 Å². The second-order valence-electron chi connectivity index (χ2n) is 7.90. The zero-order valence-electron chi connectivity index (χ0n) is 18.2. The predicted octanol–water partition coefficient (Wildman–Crippen LogP) is 1.57. The van der Waals surface area contributed by atoms with Gasteiger partial charge < -0.3 is 20.7 Å². The molecule has 0 spiro atoms. The molecular weight excluding hydrogens is 428 g/mol. The summed E-state index contributed by atoms with van der Waals surface area (Å²) in [4.78, 5) is 50.1. The molecule has 1 aliphatic rings. The molecule has 1 aliphatic heterocycles. The van der Waals surface area contributed by atoms with Gasteiger partial charge in [0.25, 0.3) is 5.69 Å². The fourth-order valence-electron chi connectivity index (χ4n) is 3.65. The molecule has 0 aliphatic carbocycles. The minimum atomic E-state index is -0.890. The lowest BCUT2D eigenvalue weighted by atomic mass is 10.0. The normalized spacial score (nSPS) is 17.2. The van der Waals surface area contributed by atoms with Crippen LogP contribution < -0.4 is 15.8 Å². The van der Waals surface area contributed by atoms with E-state index in [0.717, 1.165) is 5.56 Å². The molecule has 0 unspecified atom stereocenters. The first-order valence-corrected chi connectivity index (χ1v) is 10.6. The number of nitro groups is 1. The molecule has 0 bridgehead atoms. The van der Waals surface area contributed by atoms with Gasteiger partial charge in [-0.05, 0) is 37.5 Å². The van der Waals surface area contributed by atoms with E-state index in [0.29, 0.717) is 19.4 Å². The van der Waals surface area contributed by atoms with Crippen LogP contribution in [0.1, 0.15) is 25.3 Å². The van der Waals surface area contributed by atoms with E-state index in [1.54, 1.807) is 0 Å². The summed E-state index contributed by atoms with van der Waals surface area (Å²) in [6.45, 7) is 1.87. The highest BCUT2D eigenvalue weighted by Crippen LogP contribution is 2.23. The average molecular weight is 454 g/mol. The SMILES string of the molecule is C[C@H](N)C(=O)N[C@H](Cc1ccccc1)C(=O)N1CCC[C@H]1C(=O)Oc1ccc([N+](=O)[O-])cc1. The first-order chi connectivity index (χ1) is 15.8. The van der Waals surface area contributed by atoms with Crippen molar-refractivity contribution in [1.29, 1.82) is 0 Å². The van der Waals surface area contributed by atoms with Crippen LogP contribution in [0.4, 0.5) is 5.69 Å². The minimum Gasteiger partial charge on any atom is -0.425 e. The largest absolute Gasteiger partial charge is 0.425 e. The van der Waals surface area contributed by atoms with E-state index in [9.17, 15) is 24.5 Å². The number of nitrogens with one attached hydrogen (secondary N) is 1. The summed E-state index contributed by atoms with van der Waals surface area (Å²) in [5, 5.41) is 13.5. The van der Waals surface area contributed by atoms with E-state index in [1.165, 1.54) is 36.1 Å². The number of ether oxygens (including phenoxy) is 1. The maximum absolute atomic E-state index is 13.4. The van der Waals surface area contributed by atoms with Gasteiger partial charge in [-0.3, -0.25) is 19.7 Å². The minimum absolute atomic E-state index is 0.124. The Labute approximate surface area is 190 Å². The van der Waals surface area contributed by atoms with Crippen LogP contribution in [0, 0.1) is 10.1 Å². The molecule has 3 N–H and O–H groups in total. The van der Waals surface area contributed by atoms with Crippen molar-refractivity contribution in [1.82, 2.24) is 10.2 Å². The zero-order chi connectivity index (χ0) is 24.0. The van der Waals surface area contributed by atoms with Crippen LogP contribution in [0.3, 0.4) is 0 Å². The van der Waals surface area contributed by atoms with Gasteiger partial charge in [-0.2, -0.15) is 0 Å². The molecule has 174 valence electrons. The lowest BCUT2D eigenvalue weighted by Gasteiger charge is -2.28. The standard InChI is InChI=1S/C23H26N4O6/c1-15(24)21(28)25-19(14-16-6-3-2-4-7-16)22(29)26-13-5-8-20(26)23(30)33-18-11-9-17(10-12-18)27(31)32/h2-4,6-7,9-12,15,19-20H,5,8,13-14,24H2,1H3,(H,25,28)/t15-,19+,20-/m0/s1. The lowest BCUT2D eigenvalue weighted by molar-refractivity contribution is -0.384. The number of esters is 1. The van der Waals surface area contributed by atoms with Gasteiger partial charge in [-0.15, -0.1) is 0 Å². The molecule has 0 aromatic heterocycles. The number of carbonyl (C=O) groups is 3. The van der Waals surface area contributed by atoms with Crippen molar-refractivity contribution in [2.24, 2.45) is 5.73 Å². The highest BCUT2D eigenvalue weighted by molar-refractivity contribution is 5.92. The first-order valence-electron chi connectivity index (χ1n) is 10.6. The molecule has 0 radical (unpaired) electrons. The molecule has 0 saturated carbocycles. The van der Waals surface area contributed by atoms with Gasteiger partial charge in [-0.25, -0.2) is 4.79 Å². The molecule has 1 saturated heterocycles. The average Bonchev–Trinajstić information content (AvgIpc) is 3.29. The lowest BCUT2D eigenvalue weighted by Crippen LogP contribution is -2.55. The summed E-state index contributed by atoms with van der Waals surface area (Å²) >= 11 is 0. The number of likely N-dealkylation sites (tertiary alicyclic amines) is 1. The maximum atomic E-state index is 13.4. The van der Waals surface area contributed by atoms with Crippen molar-refractivity contribution in [3.05, 3.63) is 70.3 Å². The summed E-state index contributed by atoms with van der Waals surface area (Å²) in [6, 6.07) is 11.9. The van der Waals surface area contributed by atoms with Crippen molar-refractivity contribution < 1.29 is 24.0 Å². The van der Waals surface area contributed by atoms with Gasteiger partial charge in [0.15, 0.2) is 0 Å². The van der Waals surface area contributed by atoms with Crippen molar-refractivity contribution in [2.45, 2.75) is 44.3 Å². The summed E-state index contributed by atoms with van der Waals surface area (Å²) in [7, 11) is 0. The molecule has 1 fully saturated rings. The third-order valence-corrected chi connectivity index (χ3v) is 5.38. The number of rotatable bonds is 8. The molecule has 2 aromatic carbocycles. The number of hydrogen-bond donors (Lipinski definition) is 2. The van der Waals surface area contributed by atoms with Crippen LogP contribution in [-0.2, 0) is 20.8 Å². The molecule has 1 heterocycles. The summed E-state index contributed by atoms with van der Waals surface area (Å²) in [5.41, 5.74) is 6.40. The smallest absolute Gasteiger partial charge is 0.334 e. The van der Waals surface area contributed by atoms with E-state index >= 15 is 0 Å². The number of hydrogen-bond acceptors (Lipinski definition) is 7. The van der Waals surface area contributed by atoms with E-state index in [4.69, 9.17) is 10.5 Å². The second-order valence-corrected chi connectivity index (χ2v) is 7.90. The number of nitro benzene ring substituents is 1. The Morgan fingerprint density at radius 3 is 2.45 bits per heavy atom. The zero-order valence-corrected chi connectivity index (χ0v) is 18.2. The number of nitrogens with zero attached hydrogens (tertiary/aromatic N) is 2. The maximum Gasteiger partial charge on any atom is 0.334 e.